The zero-order valence-corrected chi connectivity index (χ0v) is 12.6. The molecule has 0 saturated carbocycles. The van der Waals surface area contributed by atoms with Gasteiger partial charge in [0, 0.05) is 19.4 Å². The van der Waals surface area contributed by atoms with Gasteiger partial charge < -0.3 is 14.6 Å². The van der Waals surface area contributed by atoms with E-state index in [1.54, 1.807) is 24.0 Å². The maximum absolute atomic E-state index is 12.9. The van der Waals surface area contributed by atoms with Crippen molar-refractivity contribution in [3.63, 3.8) is 0 Å². The molecule has 1 atom stereocenters. The van der Waals surface area contributed by atoms with Crippen molar-refractivity contribution in [1.29, 1.82) is 0 Å². The average molecular weight is 327 g/mol. The Labute approximate surface area is 131 Å². The number of rotatable bonds is 5. The minimum Gasteiger partial charge on any atom is -0.480 e. The van der Waals surface area contributed by atoms with Crippen molar-refractivity contribution in [3.05, 3.63) is 48.0 Å². The molecule has 2 aromatic rings. The van der Waals surface area contributed by atoms with E-state index in [9.17, 15) is 18.0 Å². The van der Waals surface area contributed by atoms with Crippen LogP contribution >= 0.6 is 0 Å². The molecule has 124 valence electrons. The Morgan fingerprint density at radius 2 is 2.09 bits per heavy atom. The van der Waals surface area contributed by atoms with Gasteiger partial charge in [-0.2, -0.15) is 13.2 Å². The molecule has 1 unspecified atom stereocenters. The van der Waals surface area contributed by atoms with Crippen molar-refractivity contribution in [1.82, 2.24) is 14.9 Å². The summed E-state index contributed by atoms with van der Waals surface area (Å²) in [6.45, 7) is 1.55. The standard InChI is InChI=1S/C15H16F3N3O2/c1-10(14(22)20-9-13-19-7-8-21(13)2)23-12-6-4-3-5-11(12)15(16,17)18/h3-8,10H,9H2,1-2H3,(H,20,22). The summed E-state index contributed by atoms with van der Waals surface area (Å²) in [6.07, 6.45) is -2.30. The van der Waals surface area contributed by atoms with Crippen molar-refractivity contribution in [2.24, 2.45) is 7.05 Å². The predicted molar refractivity (Wildman–Crippen MR) is 76.6 cm³/mol. The number of aryl methyl sites for hydroxylation is 1. The lowest BCUT2D eigenvalue weighted by molar-refractivity contribution is -0.140. The van der Waals surface area contributed by atoms with Crippen LogP contribution in [0.4, 0.5) is 13.2 Å². The maximum atomic E-state index is 12.9. The summed E-state index contributed by atoms with van der Waals surface area (Å²) in [5.41, 5.74) is -0.913. The number of carbonyl (C=O) groups is 1. The molecular formula is C15H16F3N3O2. The highest BCUT2D eigenvalue weighted by Gasteiger charge is 2.34. The zero-order chi connectivity index (χ0) is 17.0. The molecular weight excluding hydrogens is 311 g/mol. The van der Waals surface area contributed by atoms with E-state index in [1.165, 1.54) is 25.1 Å². The summed E-state index contributed by atoms with van der Waals surface area (Å²) in [4.78, 5) is 16.0. The topological polar surface area (TPSA) is 56.1 Å². The largest absolute Gasteiger partial charge is 0.480 e. The van der Waals surface area contributed by atoms with Crippen LogP contribution in [0.5, 0.6) is 5.75 Å². The molecule has 8 heteroatoms. The highest BCUT2D eigenvalue weighted by Crippen LogP contribution is 2.36. The molecule has 1 amide bonds. The van der Waals surface area contributed by atoms with Crippen LogP contribution in [0.3, 0.4) is 0 Å². The molecule has 5 nitrogen and oxygen atoms in total. The van der Waals surface area contributed by atoms with Crippen LogP contribution in [0, 0.1) is 0 Å². The number of nitrogens with zero attached hydrogens (tertiary/aromatic N) is 2. The quantitative estimate of drug-likeness (QED) is 0.918. The first kappa shape index (κ1) is 16.9. The van der Waals surface area contributed by atoms with Crippen molar-refractivity contribution < 1.29 is 22.7 Å². The Balaban J connectivity index is 2.00. The monoisotopic (exact) mass is 327 g/mol. The lowest BCUT2D eigenvalue weighted by Gasteiger charge is -2.18. The second-order valence-electron chi connectivity index (χ2n) is 4.93. The normalized spacial score (nSPS) is 12.7. The number of alkyl halides is 3. The molecule has 1 aromatic heterocycles. The van der Waals surface area contributed by atoms with Crippen molar-refractivity contribution in [3.8, 4) is 5.75 Å². The molecule has 1 heterocycles. The molecule has 23 heavy (non-hydrogen) atoms. The number of hydrogen-bond acceptors (Lipinski definition) is 3. The molecule has 0 spiro atoms. The Morgan fingerprint density at radius 3 is 2.70 bits per heavy atom. The van der Waals surface area contributed by atoms with Gasteiger partial charge in [-0.1, -0.05) is 12.1 Å². The molecule has 2 rings (SSSR count). The minimum absolute atomic E-state index is 0.164. The Morgan fingerprint density at radius 1 is 1.39 bits per heavy atom. The van der Waals surface area contributed by atoms with Crippen molar-refractivity contribution >= 4 is 5.91 Å². The van der Waals surface area contributed by atoms with Crippen LogP contribution in [-0.4, -0.2) is 21.6 Å². The lowest BCUT2D eigenvalue weighted by atomic mass is 10.2. The van der Waals surface area contributed by atoms with E-state index in [0.717, 1.165) is 6.07 Å². The van der Waals surface area contributed by atoms with Crippen LogP contribution in [0.25, 0.3) is 0 Å². The van der Waals surface area contributed by atoms with Gasteiger partial charge in [-0.15, -0.1) is 0 Å². The van der Waals surface area contributed by atoms with E-state index < -0.39 is 23.8 Å². The third kappa shape index (κ3) is 4.24. The highest BCUT2D eigenvalue weighted by atomic mass is 19.4. The van der Waals surface area contributed by atoms with Crippen molar-refractivity contribution in [2.45, 2.75) is 25.7 Å². The number of imidazole rings is 1. The molecule has 1 N–H and O–H groups in total. The maximum Gasteiger partial charge on any atom is 0.419 e. The summed E-state index contributed by atoms with van der Waals surface area (Å²) in [5, 5.41) is 2.58. The molecule has 0 aliphatic rings. The molecule has 0 radical (unpaired) electrons. The van der Waals surface area contributed by atoms with E-state index in [0.29, 0.717) is 5.82 Å². The van der Waals surface area contributed by atoms with E-state index in [1.807, 2.05) is 0 Å². The fraction of sp³-hybridized carbons (Fsp3) is 0.333. The predicted octanol–water partition coefficient (Wildman–Crippen LogP) is 2.52. The Hall–Kier alpha value is -2.51. The molecule has 0 saturated heterocycles. The summed E-state index contributed by atoms with van der Waals surface area (Å²) in [6, 6.07) is 4.78. The molecule has 0 aliphatic heterocycles. The second-order valence-corrected chi connectivity index (χ2v) is 4.93. The molecule has 0 fully saturated rings. The summed E-state index contributed by atoms with van der Waals surface area (Å²) < 4.78 is 45.6. The van der Waals surface area contributed by atoms with Gasteiger partial charge in [0.25, 0.3) is 5.91 Å². The summed E-state index contributed by atoms with van der Waals surface area (Å²) in [7, 11) is 1.77. The van der Waals surface area contributed by atoms with Gasteiger partial charge in [0.1, 0.15) is 11.6 Å². The Bertz CT molecular complexity index is 683. The fourth-order valence-electron chi connectivity index (χ4n) is 1.92. The number of amides is 1. The number of aromatic nitrogens is 2. The number of benzene rings is 1. The first-order chi connectivity index (χ1) is 10.8. The third-order valence-electron chi connectivity index (χ3n) is 3.21. The summed E-state index contributed by atoms with van der Waals surface area (Å²) >= 11 is 0. The number of ether oxygens (including phenoxy) is 1. The fourth-order valence-corrected chi connectivity index (χ4v) is 1.92. The number of hydrogen-bond donors (Lipinski definition) is 1. The molecule has 0 aliphatic carbocycles. The molecule has 0 bridgehead atoms. The van der Waals surface area contributed by atoms with Crippen LogP contribution in [0.1, 0.15) is 18.3 Å². The number of para-hydroxylation sites is 1. The lowest BCUT2D eigenvalue weighted by Crippen LogP contribution is -2.36. The smallest absolute Gasteiger partial charge is 0.419 e. The zero-order valence-electron chi connectivity index (χ0n) is 12.6. The first-order valence-electron chi connectivity index (χ1n) is 6.86. The van der Waals surface area contributed by atoms with Crippen LogP contribution < -0.4 is 10.1 Å². The minimum atomic E-state index is -4.54. The third-order valence-corrected chi connectivity index (χ3v) is 3.21. The van der Waals surface area contributed by atoms with E-state index in [2.05, 4.69) is 10.3 Å². The number of carbonyl (C=O) groups excluding carboxylic acids is 1. The van der Waals surface area contributed by atoms with Crippen LogP contribution in [0.2, 0.25) is 0 Å². The van der Waals surface area contributed by atoms with Gasteiger partial charge in [-0.3, -0.25) is 4.79 Å². The first-order valence-corrected chi connectivity index (χ1v) is 6.86. The average Bonchev–Trinajstić information content (AvgIpc) is 2.89. The van der Waals surface area contributed by atoms with Gasteiger partial charge in [0.15, 0.2) is 6.10 Å². The highest BCUT2D eigenvalue weighted by molar-refractivity contribution is 5.80. The van der Waals surface area contributed by atoms with Gasteiger partial charge in [-0.25, -0.2) is 4.98 Å². The van der Waals surface area contributed by atoms with E-state index in [4.69, 9.17) is 4.74 Å². The van der Waals surface area contributed by atoms with Gasteiger partial charge in [-0.05, 0) is 19.1 Å². The molecule has 1 aromatic carbocycles. The van der Waals surface area contributed by atoms with Gasteiger partial charge >= 0.3 is 6.18 Å². The van der Waals surface area contributed by atoms with E-state index >= 15 is 0 Å². The second kappa shape index (κ2) is 6.72. The van der Waals surface area contributed by atoms with Gasteiger partial charge in [0.05, 0.1) is 12.1 Å². The number of nitrogens with one attached hydrogen (secondary N) is 1. The summed E-state index contributed by atoms with van der Waals surface area (Å²) in [5.74, 6) is -0.272. The van der Waals surface area contributed by atoms with Gasteiger partial charge in [0.2, 0.25) is 0 Å². The number of halogens is 3. The van der Waals surface area contributed by atoms with Crippen LogP contribution in [0.15, 0.2) is 36.7 Å². The van der Waals surface area contributed by atoms with Crippen molar-refractivity contribution in [2.75, 3.05) is 0 Å². The van der Waals surface area contributed by atoms with Crippen LogP contribution in [-0.2, 0) is 24.6 Å². The SMILES string of the molecule is CC(Oc1ccccc1C(F)(F)F)C(=O)NCc1nccn1C. The van der Waals surface area contributed by atoms with E-state index in [-0.39, 0.29) is 12.3 Å². The Kier molecular flexibility index (Phi) is 4.92.